The van der Waals surface area contributed by atoms with Crippen molar-refractivity contribution in [1.29, 1.82) is 0 Å². The predicted molar refractivity (Wildman–Crippen MR) is 85.5 cm³/mol. The van der Waals surface area contributed by atoms with E-state index in [4.69, 9.17) is 9.40 Å². The van der Waals surface area contributed by atoms with Gasteiger partial charge in [0.05, 0.1) is 5.69 Å². The van der Waals surface area contributed by atoms with Crippen LogP contribution in [0.3, 0.4) is 0 Å². The molecule has 0 aliphatic heterocycles. The van der Waals surface area contributed by atoms with Crippen LogP contribution < -0.4 is 0 Å². The minimum absolute atomic E-state index is 0.870. The largest absolute Gasteiger partial charge is 0.456 e. The molecule has 0 atom stereocenters. The normalized spacial score (nSPS) is 11.2. The lowest BCUT2D eigenvalue weighted by Crippen LogP contribution is -1.96. The van der Waals surface area contributed by atoms with E-state index in [1.807, 2.05) is 18.2 Å². The van der Waals surface area contributed by atoms with E-state index in [0.29, 0.717) is 0 Å². The van der Waals surface area contributed by atoms with Crippen molar-refractivity contribution in [3.8, 4) is 11.3 Å². The molecule has 0 saturated heterocycles. The Labute approximate surface area is 124 Å². The van der Waals surface area contributed by atoms with Gasteiger partial charge in [-0.15, -0.1) is 12.6 Å². The quantitative estimate of drug-likeness (QED) is 0.691. The van der Waals surface area contributed by atoms with Gasteiger partial charge in [-0.2, -0.15) is 0 Å². The molecule has 102 valence electrons. The maximum absolute atomic E-state index is 5.96. The second-order valence-electron chi connectivity index (χ2n) is 4.84. The zero-order chi connectivity index (χ0) is 14.1. The molecule has 0 N–H and O–H groups in total. The summed E-state index contributed by atoms with van der Waals surface area (Å²) in [6.07, 6.45) is 1.86. The van der Waals surface area contributed by atoms with Crippen LogP contribution in [-0.4, -0.2) is 4.98 Å². The Morgan fingerprint density at radius 1 is 1.05 bits per heavy atom. The van der Waals surface area contributed by atoms with E-state index in [1.54, 1.807) is 0 Å². The highest BCUT2D eigenvalue weighted by Gasteiger charge is 2.11. The Morgan fingerprint density at radius 3 is 2.65 bits per heavy atom. The fourth-order valence-electron chi connectivity index (χ4n) is 2.39. The number of hydrogen-bond donors (Lipinski definition) is 1. The van der Waals surface area contributed by atoms with Gasteiger partial charge in [0, 0.05) is 21.5 Å². The van der Waals surface area contributed by atoms with Gasteiger partial charge < -0.3 is 4.42 Å². The molecule has 0 aliphatic rings. The number of aromatic nitrogens is 1. The van der Waals surface area contributed by atoms with Crippen molar-refractivity contribution in [2.75, 3.05) is 0 Å². The molecule has 0 aliphatic carbocycles. The van der Waals surface area contributed by atoms with Gasteiger partial charge >= 0.3 is 0 Å². The van der Waals surface area contributed by atoms with E-state index in [9.17, 15) is 0 Å². The third-order valence-corrected chi connectivity index (χ3v) is 3.78. The van der Waals surface area contributed by atoms with Crippen LogP contribution in [0.4, 0.5) is 0 Å². The van der Waals surface area contributed by atoms with Gasteiger partial charge in [-0.1, -0.05) is 13.8 Å². The fourth-order valence-corrected chi connectivity index (χ4v) is 2.58. The van der Waals surface area contributed by atoms with Crippen molar-refractivity contribution in [2.45, 2.75) is 31.6 Å². The third kappa shape index (κ3) is 2.34. The average molecular weight is 283 g/mol. The summed E-state index contributed by atoms with van der Waals surface area (Å²) < 4.78 is 5.96. The number of rotatable bonds is 3. The van der Waals surface area contributed by atoms with E-state index < -0.39 is 0 Å². The van der Waals surface area contributed by atoms with E-state index >= 15 is 0 Å². The van der Waals surface area contributed by atoms with Crippen LogP contribution in [0.25, 0.3) is 22.3 Å². The molecule has 0 bridgehead atoms. The lowest BCUT2D eigenvalue weighted by atomic mass is 10.1. The van der Waals surface area contributed by atoms with Crippen LogP contribution >= 0.6 is 12.6 Å². The van der Waals surface area contributed by atoms with Crippen molar-refractivity contribution < 1.29 is 4.42 Å². The first-order valence-electron chi connectivity index (χ1n) is 6.93. The number of pyridine rings is 1. The van der Waals surface area contributed by atoms with Gasteiger partial charge in [-0.3, -0.25) is 4.98 Å². The zero-order valence-corrected chi connectivity index (χ0v) is 12.6. The maximum atomic E-state index is 5.96. The molecule has 0 spiro atoms. The smallest absolute Gasteiger partial charge is 0.137 e. The van der Waals surface area contributed by atoms with Crippen molar-refractivity contribution >= 4 is 23.6 Å². The number of fused-ring (bicyclic) bond motifs is 1. The molecule has 0 saturated carbocycles. The van der Waals surface area contributed by atoms with Gasteiger partial charge in [-0.25, -0.2) is 0 Å². The molecule has 1 aromatic carbocycles. The van der Waals surface area contributed by atoms with Crippen LogP contribution in [0.15, 0.2) is 45.7 Å². The van der Waals surface area contributed by atoms with Crippen molar-refractivity contribution in [1.82, 2.24) is 4.98 Å². The average Bonchev–Trinajstić information content (AvgIpc) is 2.89. The van der Waals surface area contributed by atoms with Gasteiger partial charge in [0.15, 0.2) is 0 Å². The Balaban J connectivity index is 2.14. The van der Waals surface area contributed by atoms with Crippen LogP contribution in [-0.2, 0) is 12.8 Å². The van der Waals surface area contributed by atoms with Crippen LogP contribution in [0.1, 0.15) is 25.2 Å². The number of furan rings is 1. The van der Waals surface area contributed by atoms with E-state index in [0.717, 1.165) is 51.4 Å². The molecule has 0 fully saturated rings. The monoisotopic (exact) mass is 283 g/mol. The van der Waals surface area contributed by atoms with Gasteiger partial charge in [-0.05, 0) is 49.2 Å². The molecule has 2 heterocycles. The number of nitrogens with zero attached hydrogens (tertiary/aromatic N) is 1. The molecular formula is C17H17NOS. The van der Waals surface area contributed by atoms with Gasteiger partial charge in [0.2, 0.25) is 0 Å². The van der Waals surface area contributed by atoms with Crippen LogP contribution in [0.2, 0.25) is 0 Å². The molecule has 2 aromatic heterocycles. The van der Waals surface area contributed by atoms with E-state index in [-0.39, 0.29) is 0 Å². The molecule has 0 unspecified atom stereocenters. The van der Waals surface area contributed by atoms with E-state index in [2.05, 4.69) is 44.7 Å². The molecule has 2 nitrogen and oxygen atoms in total. The lowest BCUT2D eigenvalue weighted by molar-refractivity contribution is 0.629. The second kappa shape index (κ2) is 5.33. The zero-order valence-electron chi connectivity index (χ0n) is 11.7. The molecule has 3 aromatic rings. The van der Waals surface area contributed by atoms with Crippen molar-refractivity contribution in [3.05, 3.63) is 47.8 Å². The summed E-state index contributed by atoms with van der Waals surface area (Å²) in [5.41, 5.74) is 4.17. The van der Waals surface area contributed by atoms with Crippen LogP contribution in [0.5, 0.6) is 0 Å². The maximum Gasteiger partial charge on any atom is 0.137 e. The van der Waals surface area contributed by atoms with E-state index in [1.165, 1.54) is 0 Å². The first kappa shape index (κ1) is 13.3. The number of thiol groups is 1. The second-order valence-corrected chi connectivity index (χ2v) is 5.35. The summed E-state index contributed by atoms with van der Waals surface area (Å²) in [7, 11) is 0. The number of hydrogen-bond acceptors (Lipinski definition) is 3. The Morgan fingerprint density at radius 2 is 1.90 bits per heavy atom. The summed E-state index contributed by atoms with van der Waals surface area (Å²) in [5, 5.41) is 1.10. The first-order valence-corrected chi connectivity index (χ1v) is 7.37. The minimum atomic E-state index is 0.870. The summed E-state index contributed by atoms with van der Waals surface area (Å²) in [6.45, 7) is 4.25. The predicted octanol–water partition coefficient (Wildman–Crippen LogP) is 4.91. The summed E-state index contributed by atoms with van der Waals surface area (Å²) in [6, 6.07) is 12.2. The molecule has 0 radical (unpaired) electrons. The SMILES string of the molecule is CCc1ccc(-c2cc3ccc(S)cc3o2)c(CC)n1. The van der Waals surface area contributed by atoms with Gasteiger partial charge in [0.25, 0.3) is 0 Å². The molecule has 3 rings (SSSR count). The minimum Gasteiger partial charge on any atom is -0.456 e. The summed E-state index contributed by atoms with van der Waals surface area (Å²) in [5.74, 6) is 0.880. The molecule has 3 heteroatoms. The standard InChI is InChI=1S/C17H17NOS/c1-3-12-6-8-14(15(4-2)18-12)17-9-11-5-7-13(20)10-16(11)19-17/h5-10,20H,3-4H2,1-2H3. The van der Waals surface area contributed by atoms with Crippen LogP contribution in [0, 0.1) is 0 Å². The topological polar surface area (TPSA) is 26.0 Å². The van der Waals surface area contributed by atoms with Crippen molar-refractivity contribution in [2.24, 2.45) is 0 Å². The highest BCUT2D eigenvalue weighted by atomic mass is 32.1. The van der Waals surface area contributed by atoms with Gasteiger partial charge in [0.1, 0.15) is 11.3 Å². The molecule has 20 heavy (non-hydrogen) atoms. The van der Waals surface area contributed by atoms with Crippen molar-refractivity contribution in [3.63, 3.8) is 0 Å². The fraction of sp³-hybridized carbons (Fsp3) is 0.235. The Bertz CT molecular complexity index is 761. The third-order valence-electron chi connectivity index (χ3n) is 3.50. The number of benzene rings is 1. The highest BCUT2D eigenvalue weighted by Crippen LogP contribution is 2.31. The highest BCUT2D eigenvalue weighted by molar-refractivity contribution is 7.80. The number of aryl methyl sites for hydroxylation is 2. The lowest BCUT2D eigenvalue weighted by Gasteiger charge is -2.06. The Kier molecular flexibility index (Phi) is 3.53. The Hall–Kier alpha value is -1.74. The molecule has 0 amide bonds. The summed E-state index contributed by atoms with van der Waals surface area (Å²) in [4.78, 5) is 5.61. The first-order chi connectivity index (χ1) is 9.71. The molecular weight excluding hydrogens is 266 g/mol. The summed E-state index contributed by atoms with van der Waals surface area (Å²) >= 11 is 4.35.